The summed E-state index contributed by atoms with van der Waals surface area (Å²) in [4.78, 5) is 0. The average molecular weight is 247 g/mol. The van der Waals surface area contributed by atoms with Crippen molar-refractivity contribution in [2.75, 3.05) is 0 Å². The quantitative estimate of drug-likeness (QED) is 0.705. The second-order valence-electron chi connectivity index (χ2n) is 4.10. The molecule has 0 heterocycles. The first-order chi connectivity index (χ1) is 8.20. The van der Waals surface area contributed by atoms with E-state index < -0.39 is 0 Å². The highest BCUT2D eigenvalue weighted by Crippen LogP contribution is 2.28. The lowest BCUT2D eigenvalue weighted by molar-refractivity contribution is 0.475. The zero-order chi connectivity index (χ0) is 12.3. The normalized spacial score (nSPS) is 10.3. The van der Waals surface area contributed by atoms with E-state index in [0.717, 1.165) is 28.2 Å². The minimum absolute atomic E-state index is 0.504. The lowest BCUT2D eigenvalue weighted by Crippen LogP contribution is -1.91. The fourth-order valence-corrected chi connectivity index (χ4v) is 1.79. The van der Waals surface area contributed by atoms with Crippen LogP contribution < -0.4 is 4.74 Å². The summed E-state index contributed by atoms with van der Waals surface area (Å²) in [6, 6.07) is 14.0. The average Bonchev–Trinajstić information content (AvgIpc) is 2.35. The fraction of sp³-hybridized carbons (Fsp3) is 0.200. The van der Waals surface area contributed by atoms with Gasteiger partial charge >= 0.3 is 0 Å². The molecule has 0 spiro atoms. The van der Waals surface area contributed by atoms with E-state index in [9.17, 15) is 0 Å². The van der Waals surface area contributed by atoms with Crippen molar-refractivity contribution in [2.24, 2.45) is 0 Å². The number of aryl methyl sites for hydroxylation is 2. The number of hydrogen-bond donors (Lipinski definition) is 0. The number of ether oxygens (including phenoxy) is 1. The molecule has 1 nitrogen and oxygen atoms in total. The molecule has 0 aliphatic rings. The Hall–Kier alpha value is -1.47. The van der Waals surface area contributed by atoms with E-state index in [4.69, 9.17) is 16.3 Å². The first-order valence-corrected chi connectivity index (χ1v) is 6.13. The Morgan fingerprint density at radius 2 is 1.65 bits per heavy atom. The fourth-order valence-electron chi connectivity index (χ4n) is 1.63. The highest BCUT2D eigenvalue weighted by Gasteiger charge is 2.04. The van der Waals surface area contributed by atoms with E-state index in [1.807, 2.05) is 56.3 Å². The maximum absolute atomic E-state index is 5.92. The predicted molar refractivity (Wildman–Crippen MR) is 72.0 cm³/mol. The lowest BCUT2D eigenvalue weighted by atomic mass is 10.1. The Kier molecular flexibility index (Phi) is 3.70. The molecule has 0 aliphatic heterocycles. The van der Waals surface area contributed by atoms with E-state index in [1.54, 1.807) is 0 Å². The van der Waals surface area contributed by atoms with Gasteiger partial charge in [0.05, 0.1) is 0 Å². The molecule has 0 saturated heterocycles. The van der Waals surface area contributed by atoms with Gasteiger partial charge in [0.2, 0.25) is 0 Å². The summed E-state index contributed by atoms with van der Waals surface area (Å²) in [7, 11) is 0. The van der Waals surface area contributed by atoms with Crippen molar-refractivity contribution in [3.05, 3.63) is 59.2 Å². The Balaban J connectivity index is 2.32. The molecule has 0 aromatic heterocycles. The van der Waals surface area contributed by atoms with E-state index in [1.165, 1.54) is 0 Å². The monoisotopic (exact) mass is 246 g/mol. The number of alkyl halides is 1. The van der Waals surface area contributed by atoms with Crippen LogP contribution in [0.5, 0.6) is 11.5 Å². The van der Waals surface area contributed by atoms with Crippen molar-refractivity contribution in [2.45, 2.75) is 19.7 Å². The molecule has 2 rings (SSSR count). The number of hydrogen-bond acceptors (Lipinski definition) is 1. The molecule has 0 fully saturated rings. The third-order valence-corrected chi connectivity index (χ3v) is 3.03. The Bertz CT molecular complexity index is 520. The van der Waals surface area contributed by atoms with Gasteiger partial charge < -0.3 is 4.74 Å². The van der Waals surface area contributed by atoms with Crippen molar-refractivity contribution in [3.8, 4) is 11.5 Å². The SMILES string of the molecule is Cc1ccccc1Oc1cc(CCl)ccc1C. The van der Waals surface area contributed by atoms with Crippen molar-refractivity contribution >= 4 is 11.6 Å². The second kappa shape index (κ2) is 5.24. The maximum Gasteiger partial charge on any atom is 0.130 e. The third-order valence-electron chi connectivity index (χ3n) is 2.72. The van der Waals surface area contributed by atoms with E-state index >= 15 is 0 Å². The first kappa shape index (κ1) is 12.0. The number of benzene rings is 2. The van der Waals surface area contributed by atoms with Gasteiger partial charge in [-0.1, -0.05) is 30.3 Å². The van der Waals surface area contributed by atoms with Crippen LogP contribution in [0.4, 0.5) is 0 Å². The van der Waals surface area contributed by atoms with Gasteiger partial charge in [0, 0.05) is 5.88 Å². The van der Waals surface area contributed by atoms with Crippen molar-refractivity contribution in [1.82, 2.24) is 0 Å². The van der Waals surface area contributed by atoms with Crippen LogP contribution in [0.25, 0.3) is 0 Å². The van der Waals surface area contributed by atoms with E-state index in [2.05, 4.69) is 0 Å². The first-order valence-electron chi connectivity index (χ1n) is 5.59. The van der Waals surface area contributed by atoms with Gasteiger partial charge in [-0.05, 0) is 42.7 Å². The van der Waals surface area contributed by atoms with Crippen LogP contribution in [0.3, 0.4) is 0 Å². The van der Waals surface area contributed by atoms with Crippen LogP contribution in [-0.2, 0) is 5.88 Å². The molecular formula is C15H15ClO. The van der Waals surface area contributed by atoms with Crippen LogP contribution in [0.1, 0.15) is 16.7 Å². The number of halogens is 1. The van der Waals surface area contributed by atoms with Gasteiger partial charge in [-0.15, -0.1) is 11.6 Å². The minimum Gasteiger partial charge on any atom is -0.457 e. The standard InChI is InChI=1S/C15H15ClO/c1-11-5-3-4-6-14(11)17-15-9-13(10-16)8-7-12(15)2/h3-9H,10H2,1-2H3. The summed E-state index contributed by atoms with van der Waals surface area (Å²) in [6.07, 6.45) is 0. The molecule has 0 amide bonds. The highest BCUT2D eigenvalue weighted by molar-refractivity contribution is 6.17. The van der Waals surface area contributed by atoms with E-state index in [0.29, 0.717) is 5.88 Å². The van der Waals surface area contributed by atoms with Crippen LogP contribution in [-0.4, -0.2) is 0 Å². The van der Waals surface area contributed by atoms with Crippen LogP contribution in [0.15, 0.2) is 42.5 Å². The molecule has 0 N–H and O–H groups in total. The second-order valence-corrected chi connectivity index (χ2v) is 4.37. The predicted octanol–water partition coefficient (Wildman–Crippen LogP) is 4.83. The Labute approximate surface area is 107 Å². The molecule has 17 heavy (non-hydrogen) atoms. The molecule has 0 radical (unpaired) electrons. The van der Waals surface area contributed by atoms with Crippen molar-refractivity contribution in [3.63, 3.8) is 0 Å². The summed E-state index contributed by atoms with van der Waals surface area (Å²) in [5.74, 6) is 2.27. The molecule has 88 valence electrons. The van der Waals surface area contributed by atoms with Crippen molar-refractivity contribution in [1.29, 1.82) is 0 Å². The lowest BCUT2D eigenvalue weighted by Gasteiger charge is -2.11. The van der Waals surface area contributed by atoms with Gasteiger partial charge in [-0.3, -0.25) is 0 Å². The topological polar surface area (TPSA) is 9.23 Å². The zero-order valence-electron chi connectivity index (χ0n) is 10.0. The molecule has 0 atom stereocenters. The molecule has 0 bridgehead atoms. The van der Waals surface area contributed by atoms with Gasteiger partial charge in [-0.2, -0.15) is 0 Å². The minimum atomic E-state index is 0.504. The number of rotatable bonds is 3. The third kappa shape index (κ3) is 2.80. The van der Waals surface area contributed by atoms with Gasteiger partial charge in [0.25, 0.3) is 0 Å². The van der Waals surface area contributed by atoms with Gasteiger partial charge in [-0.25, -0.2) is 0 Å². The molecule has 0 saturated carbocycles. The number of para-hydroxylation sites is 1. The van der Waals surface area contributed by atoms with Crippen LogP contribution in [0, 0.1) is 13.8 Å². The summed E-state index contributed by atoms with van der Waals surface area (Å²) >= 11 is 5.83. The van der Waals surface area contributed by atoms with Crippen LogP contribution in [0.2, 0.25) is 0 Å². The molecule has 0 aliphatic carbocycles. The van der Waals surface area contributed by atoms with E-state index in [-0.39, 0.29) is 0 Å². The smallest absolute Gasteiger partial charge is 0.130 e. The van der Waals surface area contributed by atoms with Crippen molar-refractivity contribution < 1.29 is 4.74 Å². The Morgan fingerprint density at radius 1 is 0.941 bits per heavy atom. The molecule has 0 unspecified atom stereocenters. The summed E-state index contributed by atoms with van der Waals surface area (Å²) in [5, 5.41) is 0. The Morgan fingerprint density at radius 3 is 2.35 bits per heavy atom. The molecular weight excluding hydrogens is 232 g/mol. The zero-order valence-corrected chi connectivity index (χ0v) is 10.8. The highest BCUT2D eigenvalue weighted by atomic mass is 35.5. The maximum atomic E-state index is 5.92. The van der Waals surface area contributed by atoms with Gasteiger partial charge in [0.15, 0.2) is 0 Å². The summed E-state index contributed by atoms with van der Waals surface area (Å²) in [5.41, 5.74) is 3.31. The van der Waals surface area contributed by atoms with Gasteiger partial charge in [0.1, 0.15) is 11.5 Å². The molecule has 2 aromatic carbocycles. The molecule has 2 aromatic rings. The summed E-state index contributed by atoms with van der Waals surface area (Å²) < 4.78 is 5.92. The summed E-state index contributed by atoms with van der Waals surface area (Å²) in [6.45, 7) is 4.07. The van der Waals surface area contributed by atoms with Crippen LogP contribution >= 0.6 is 11.6 Å². The largest absolute Gasteiger partial charge is 0.457 e. The molecule has 2 heteroatoms.